The molecule has 3 heterocycles. The van der Waals surface area contributed by atoms with E-state index in [1.165, 1.54) is 16.6 Å². The first kappa shape index (κ1) is 15.8. The number of rotatable bonds is 3. The Balaban J connectivity index is 1.70. The van der Waals surface area contributed by atoms with Gasteiger partial charge in [0.2, 0.25) is 15.2 Å². The van der Waals surface area contributed by atoms with Crippen molar-refractivity contribution >= 4 is 27.6 Å². The maximum Gasteiger partial charge on any atom is 0.308 e. The molecular formula is C13H16ClNO6S. The van der Waals surface area contributed by atoms with Gasteiger partial charge < -0.3 is 14.3 Å². The van der Waals surface area contributed by atoms with E-state index in [0.717, 1.165) is 0 Å². The van der Waals surface area contributed by atoms with Gasteiger partial charge in [-0.15, -0.1) is 0 Å². The van der Waals surface area contributed by atoms with Crippen molar-refractivity contribution in [1.82, 2.24) is 4.31 Å². The van der Waals surface area contributed by atoms with E-state index in [9.17, 15) is 13.2 Å². The van der Waals surface area contributed by atoms with Gasteiger partial charge in [-0.1, -0.05) is 0 Å². The third-order valence-corrected chi connectivity index (χ3v) is 6.72. The van der Waals surface area contributed by atoms with Crippen LogP contribution in [0.5, 0.6) is 0 Å². The van der Waals surface area contributed by atoms with Gasteiger partial charge in [0.15, 0.2) is 0 Å². The number of nitrogens with zero attached hydrogens (tertiary/aromatic N) is 1. The lowest BCUT2D eigenvalue weighted by atomic mass is 9.86. The second-order valence-electron chi connectivity index (χ2n) is 5.70. The van der Waals surface area contributed by atoms with E-state index in [1.807, 2.05) is 0 Å². The predicted molar refractivity (Wildman–Crippen MR) is 76.1 cm³/mol. The molecule has 22 heavy (non-hydrogen) atoms. The minimum Gasteiger partial charge on any atom is -0.481 e. The van der Waals surface area contributed by atoms with Gasteiger partial charge in [0.1, 0.15) is 4.90 Å². The number of carboxylic acid groups (broad SMARTS) is 1. The van der Waals surface area contributed by atoms with Crippen LogP contribution >= 0.6 is 11.6 Å². The summed E-state index contributed by atoms with van der Waals surface area (Å²) in [5.41, 5.74) is -0.519. The number of sulfonamides is 1. The molecule has 1 spiro atoms. The number of hydrogen-bond donors (Lipinski definition) is 1. The Morgan fingerprint density at radius 3 is 2.59 bits per heavy atom. The molecule has 0 radical (unpaired) electrons. The van der Waals surface area contributed by atoms with Crippen molar-refractivity contribution in [2.45, 2.75) is 29.8 Å². The number of ether oxygens (including phenoxy) is 1. The molecule has 2 saturated heterocycles. The summed E-state index contributed by atoms with van der Waals surface area (Å²) in [6, 6.07) is 1.33. The third-order valence-electron chi connectivity index (χ3n) is 4.39. The summed E-state index contributed by atoms with van der Waals surface area (Å²) in [7, 11) is -3.69. The maximum atomic E-state index is 12.5. The zero-order valence-electron chi connectivity index (χ0n) is 11.7. The molecule has 1 unspecified atom stereocenters. The van der Waals surface area contributed by atoms with Crippen molar-refractivity contribution in [3.8, 4) is 0 Å². The molecular weight excluding hydrogens is 334 g/mol. The van der Waals surface area contributed by atoms with Gasteiger partial charge in [-0.3, -0.25) is 4.79 Å². The summed E-state index contributed by atoms with van der Waals surface area (Å²) in [5.74, 6) is -1.37. The maximum absolute atomic E-state index is 12.5. The van der Waals surface area contributed by atoms with Crippen LogP contribution in [0.15, 0.2) is 21.6 Å². The first-order chi connectivity index (χ1) is 10.3. The Labute approximate surface area is 132 Å². The molecule has 3 rings (SSSR count). The van der Waals surface area contributed by atoms with Gasteiger partial charge in [-0.05, 0) is 36.9 Å². The van der Waals surface area contributed by atoms with Crippen molar-refractivity contribution in [2.24, 2.45) is 5.92 Å². The second-order valence-corrected chi connectivity index (χ2v) is 7.95. The van der Waals surface area contributed by atoms with Crippen molar-refractivity contribution in [2.75, 3.05) is 19.7 Å². The number of carboxylic acids is 1. The van der Waals surface area contributed by atoms with Crippen molar-refractivity contribution < 1.29 is 27.5 Å². The first-order valence-corrected chi connectivity index (χ1v) is 8.76. The number of carbonyl (C=O) groups is 1. The summed E-state index contributed by atoms with van der Waals surface area (Å²) >= 11 is 5.76. The van der Waals surface area contributed by atoms with E-state index in [0.29, 0.717) is 19.3 Å². The lowest BCUT2D eigenvalue weighted by molar-refractivity contribution is -0.141. The minimum atomic E-state index is -3.69. The summed E-state index contributed by atoms with van der Waals surface area (Å²) in [6.45, 7) is 0.738. The highest BCUT2D eigenvalue weighted by Gasteiger charge is 2.46. The van der Waals surface area contributed by atoms with Crippen LogP contribution in [-0.4, -0.2) is 49.1 Å². The van der Waals surface area contributed by atoms with Crippen LogP contribution in [0.2, 0.25) is 5.22 Å². The normalized spacial score (nSPS) is 25.6. The molecule has 0 aromatic carbocycles. The Kier molecular flexibility index (Phi) is 3.96. The summed E-state index contributed by atoms with van der Waals surface area (Å²) in [6.07, 6.45) is 2.62. The lowest BCUT2D eigenvalue weighted by Crippen LogP contribution is -2.46. The first-order valence-electron chi connectivity index (χ1n) is 6.94. The van der Waals surface area contributed by atoms with E-state index in [2.05, 4.69) is 0 Å². The monoisotopic (exact) mass is 349 g/mol. The zero-order valence-corrected chi connectivity index (χ0v) is 13.3. The van der Waals surface area contributed by atoms with Gasteiger partial charge in [0.25, 0.3) is 0 Å². The SMILES string of the molecule is O=C(O)C1COC2(CCN(S(=O)(=O)c3ccoc3Cl)CC2)C1. The number of aliphatic carboxylic acids is 1. The summed E-state index contributed by atoms with van der Waals surface area (Å²) in [5, 5.41) is 8.90. The number of furan rings is 1. The van der Waals surface area contributed by atoms with E-state index >= 15 is 0 Å². The molecule has 0 saturated carbocycles. The molecule has 2 fully saturated rings. The average molecular weight is 350 g/mol. The van der Waals surface area contributed by atoms with Crippen LogP contribution in [0.1, 0.15) is 19.3 Å². The summed E-state index contributed by atoms with van der Waals surface area (Å²) in [4.78, 5) is 11.0. The van der Waals surface area contributed by atoms with Crippen molar-refractivity contribution in [1.29, 1.82) is 0 Å². The molecule has 1 aromatic rings. The molecule has 9 heteroatoms. The third kappa shape index (κ3) is 2.64. The molecule has 2 aliphatic heterocycles. The standard InChI is InChI=1S/C13H16ClNO6S/c14-11-10(1-6-20-11)22(18,19)15-4-2-13(3-5-15)7-9(8-21-13)12(16)17/h1,6,9H,2-5,7-8H2,(H,16,17). The molecule has 7 nitrogen and oxygen atoms in total. The quantitative estimate of drug-likeness (QED) is 0.889. The molecule has 1 atom stereocenters. The molecule has 0 amide bonds. The summed E-state index contributed by atoms with van der Waals surface area (Å²) < 4.78 is 36.9. The van der Waals surface area contributed by atoms with Crippen molar-refractivity contribution in [3.63, 3.8) is 0 Å². The molecule has 1 N–H and O–H groups in total. The van der Waals surface area contributed by atoms with Crippen LogP contribution in [-0.2, 0) is 19.6 Å². The Hall–Kier alpha value is -1.09. The lowest BCUT2D eigenvalue weighted by Gasteiger charge is -2.37. The molecule has 1 aromatic heterocycles. The Morgan fingerprint density at radius 2 is 2.09 bits per heavy atom. The molecule has 0 aliphatic carbocycles. The van der Waals surface area contributed by atoms with E-state index in [-0.39, 0.29) is 29.8 Å². The molecule has 2 aliphatic rings. The van der Waals surface area contributed by atoms with Gasteiger partial charge in [-0.2, -0.15) is 4.31 Å². The minimum absolute atomic E-state index is 0.0409. The smallest absolute Gasteiger partial charge is 0.308 e. The number of hydrogen-bond acceptors (Lipinski definition) is 5. The van der Waals surface area contributed by atoms with Crippen LogP contribution < -0.4 is 0 Å². The zero-order chi connectivity index (χ0) is 16.0. The van der Waals surface area contributed by atoms with Gasteiger partial charge in [0, 0.05) is 13.1 Å². The van der Waals surface area contributed by atoms with Crippen LogP contribution in [0.25, 0.3) is 0 Å². The largest absolute Gasteiger partial charge is 0.481 e. The predicted octanol–water partition coefficient (Wildman–Crippen LogP) is 1.58. The fourth-order valence-corrected chi connectivity index (χ4v) is 4.92. The van der Waals surface area contributed by atoms with Crippen LogP contribution in [0, 0.1) is 5.92 Å². The van der Waals surface area contributed by atoms with Gasteiger partial charge in [0.05, 0.1) is 24.4 Å². The van der Waals surface area contributed by atoms with Crippen LogP contribution in [0.4, 0.5) is 0 Å². The average Bonchev–Trinajstić information content (AvgIpc) is 3.07. The fourth-order valence-electron chi connectivity index (χ4n) is 3.09. The molecule has 122 valence electrons. The van der Waals surface area contributed by atoms with E-state index in [1.54, 1.807) is 0 Å². The second kappa shape index (κ2) is 5.52. The molecule has 0 bridgehead atoms. The van der Waals surface area contributed by atoms with E-state index < -0.39 is 27.5 Å². The van der Waals surface area contributed by atoms with Crippen LogP contribution in [0.3, 0.4) is 0 Å². The highest BCUT2D eigenvalue weighted by molar-refractivity contribution is 7.89. The highest BCUT2D eigenvalue weighted by atomic mass is 35.5. The number of halogens is 1. The fraction of sp³-hybridized carbons (Fsp3) is 0.615. The van der Waals surface area contributed by atoms with E-state index in [4.69, 9.17) is 25.9 Å². The van der Waals surface area contributed by atoms with Gasteiger partial charge in [-0.25, -0.2) is 8.42 Å². The highest BCUT2D eigenvalue weighted by Crippen LogP contribution is 2.40. The topological polar surface area (TPSA) is 97.0 Å². The van der Waals surface area contributed by atoms with Crippen molar-refractivity contribution in [3.05, 3.63) is 17.5 Å². The Morgan fingerprint density at radius 1 is 1.41 bits per heavy atom. The Bertz CT molecular complexity index is 676. The van der Waals surface area contributed by atoms with Gasteiger partial charge >= 0.3 is 5.97 Å². The number of piperidine rings is 1.